The molecular weight excluding hydrogens is 272 g/mol. The summed E-state index contributed by atoms with van der Waals surface area (Å²) in [6.07, 6.45) is 1.89. The third-order valence-electron chi connectivity index (χ3n) is 3.01. The number of hydrogen-bond acceptors (Lipinski definition) is 6. The molecule has 2 rings (SSSR count). The molecule has 0 aliphatic carbocycles. The predicted octanol–water partition coefficient (Wildman–Crippen LogP) is 1.53. The van der Waals surface area contributed by atoms with E-state index >= 15 is 0 Å². The highest BCUT2D eigenvalue weighted by molar-refractivity contribution is 5.87. The molecule has 0 radical (unpaired) electrons. The number of hydrogen-bond donors (Lipinski definition) is 1. The lowest BCUT2D eigenvalue weighted by Gasteiger charge is -2.09. The van der Waals surface area contributed by atoms with E-state index in [2.05, 4.69) is 20.1 Å². The summed E-state index contributed by atoms with van der Waals surface area (Å²) in [5.41, 5.74) is 2.80. The van der Waals surface area contributed by atoms with Gasteiger partial charge in [-0.1, -0.05) is 0 Å². The molecule has 0 saturated carbocycles. The van der Waals surface area contributed by atoms with Crippen LogP contribution in [-0.2, 0) is 18.3 Å². The second kappa shape index (κ2) is 6.25. The Morgan fingerprint density at radius 3 is 2.76 bits per heavy atom. The van der Waals surface area contributed by atoms with E-state index in [1.165, 1.54) is 7.11 Å². The summed E-state index contributed by atoms with van der Waals surface area (Å²) in [4.78, 5) is 15.6. The fraction of sp³-hybridized carbons (Fsp3) is 0.357. The molecule has 0 atom stereocenters. The lowest BCUT2D eigenvalue weighted by Crippen LogP contribution is -2.08. The molecule has 2 aromatic rings. The van der Waals surface area contributed by atoms with Gasteiger partial charge in [-0.05, 0) is 19.1 Å². The van der Waals surface area contributed by atoms with E-state index in [4.69, 9.17) is 4.74 Å². The van der Waals surface area contributed by atoms with Crippen molar-refractivity contribution in [2.24, 2.45) is 7.05 Å². The van der Waals surface area contributed by atoms with Gasteiger partial charge in [-0.15, -0.1) is 5.10 Å². The quantitative estimate of drug-likeness (QED) is 0.841. The monoisotopic (exact) mass is 290 g/mol. The van der Waals surface area contributed by atoms with Crippen LogP contribution >= 0.6 is 0 Å². The molecule has 0 saturated heterocycles. The van der Waals surface area contributed by atoms with Crippen molar-refractivity contribution >= 4 is 11.7 Å². The van der Waals surface area contributed by atoms with Gasteiger partial charge in [0.05, 0.1) is 31.2 Å². The van der Waals surface area contributed by atoms with Crippen LogP contribution in [-0.4, -0.2) is 35.0 Å². The largest absolute Gasteiger partial charge is 0.480 e. The van der Waals surface area contributed by atoms with Gasteiger partial charge in [0.25, 0.3) is 0 Å². The van der Waals surface area contributed by atoms with Crippen molar-refractivity contribution < 1.29 is 14.3 Å². The maximum absolute atomic E-state index is 11.4. The van der Waals surface area contributed by atoms with Crippen LogP contribution < -0.4 is 10.1 Å². The summed E-state index contributed by atoms with van der Waals surface area (Å²) in [6, 6.07) is 3.43. The highest BCUT2D eigenvalue weighted by Crippen LogP contribution is 2.19. The fourth-order valence-corrected chi connectivity index (χ4v) is 1.97. The molecule has 7 heteroatoms. The second-order valence-electron chi connectivity index (χ2n) is 4.51. The van der Waals surface area contributed by atoms with Gasteiger partial charge in [-0.25, -0.2) is 9.78 Å². The fourth-order valence-electron chi connectivity index (χ4n) is 1.97. The number of carbonyl (C=O) groups excluding carboxylic acids is 1. The number of pyridine rings is 1. The maximum atomic E-state index is 11.4. The van der Waals surface area contributed by atoms with Crippen LogP contribution in [0.15, 0.2) is 18.3 Å². The Labute approximate surface area is 122 Å². The van der Waals surface area contributed by atoms with Gasteiger partial charge < -0.3 is 14.8 Å². The van der Waals surface area contributed by atoms with Crippen LogP contribution in [0.25, 0.3) is 0 Å². The number of rotatable bonds is 5. The highest BCUT2D eigenvalue weighted by Gasteiger charge is 2.11. The van der Waals surface area contributed by atoms with Crippen LogP contribution in [0.2, 0.25) is 0 Å². The SMILES string of the molecule is COC(=O)c1ccc(NCc2cn(C)nc2OC)c(C)n1. The molecule has 112 valence electrons. The van der Waals surface area contributed by atoms with Crippen LogP contribution in [0.3, 0.4) is 0 Å². The summed E-state index contributed by atoms with van der Waals surface area (Å²) in [5.74, 6) is 0.139. The Kier molecular flexibility index (Phi) is 4.42. The van der Waals surface area contributed by atoms with Gasteiger partial charge in [-0.2, -0.15) is 0 Å². The molecule has 21 heavy (non-hydrogen) atoms. The lowest BCUT2D eigenvalue weighted by molar-refractivity contribution is 0.0594. The first kappa shape index (κ1) is 14.8. The zero-order chi connectivity index (χ0) is 15.4. The second-order valence-corrected chi connectivity index (χ2v) is 4.51. The lowest BCUT2D eigenvalue weighted by atomic mass is 10.2. The third kappa shape index (κ3) is 3.31. The van der Waals surface area contributed by atoms with Crippen LogP contribution in [0, 0.1) is 6.92 Å². The van der Waals surface area contributed by atoms with Gasteiger partial charge >= 0.3 is 5.97 Å². The molecule has 0 fully saturated rings. The molecule has 0 spiro atoms. The zero-order valence-corrected chi connectivity index (χ0v) is 12.5. The van der Waals surface area contributed by atoms with Gasteiger partial charge in [0, 0.05) is 19.8 Å². The summed E-state index contributed by atoms with van der Waals surface area (Å²) in [7, 11) is 4.76. The topological polar surface area (TPSA) is 78.3 Å². The van der Waals surface area contributed by atoms with Crippen molar-refractivity contribution in [1.29, 1.82) is 0 Å². The minimum Gasteiger partial charge on any atom is -0.480 e. The number of anilines is 1. The van der Waals surface area contributed by atoms with Crippen LogP contribution in [0.4, 0.5) is 5.69 Å². The molecule has 1 N–H and O–H groups in total. The van der Waals surface area contributed by atoms with Gasteiger partial charge in [0.1, 0.15) is 5.69 Å². The van der Waals surface area contributed by atoms with Crippen molar-refractivity contribution in [2.45, 2.75) is 13.5 Å². The van der Waals surface area contributed by atoms with Crippen LogP contribution in [0.5, 0.6) is 5.88 Å². The standard InChI is InChI=1S/C14H18N4O3/c1-9-11(5-6-12(16-9)14(19)21-4)15-7-10-8-18(2)17-13(10)20-3/h5-6,8,15H,7H2,1-4H3. The first-order valence-corrected chi connectivity index (χ1v) is 6.41. The molecule has 2 aromatic heterocycles. The van der Waals surface area contributed by atoms with Gasteiger partial charge in [0.15, 0.2) is 0 Å². The highest BCUT2D eigenvalue weighted by atomic mass is 16.5. The number of aryl methyl sites for hydroxylation is 2. The molecule has 0 aromatic carbocycles. The van der Waals surface area contributed by atoms with Crippen molar-refractivity contribution in [3.05, 3.63) is 35.3 Å². The number of esters is 1. The average molecular weight is 290 g/mol. The molecule has 2 heterocycles. The molecule has 0 aliphatic heterocycles. The minimum atomic E-state index is -0.446. The van der Waals surface area contributed by atoms with E-state index < -0.39 is 5.97 Å². The van der Waals surface area contributed by atoms with Crippen molar-refractivity contribution in [3.63, 3.8) is 0 Å². The summed E-state index contributed by atoms with van der Waals surface area (Å²) in [6.45, 7) is 2.38. The van der Waals surface area contributed by atoms with E-state index in [0.717, 1.165) is 16.9 Å². The van der Waals surface area contributed by atoms with Crippen molar-refractivity contribution in [1.82, 2.24) is 14.8 Å². The van der Waals surface area contributed by atoms with Gasteiger partial charge in [0.2, 0.25) is 5.88 Å². The Bertz CT molecular complexity index is 652. The summed E-state index contributed by atoms with van der Waals surface area (Å²) >= 11 is 0. The van der Waals surface area contributed by atoms with Crippen LogP contribution in [0.1, 0.15) is 21.7 Å². The number of nitrogens with one attached hydrogen (secondary N) is 1. The molecule has 7 nitrogen and oxygen atoms in total. The number of carbonyl (C=O) groups is 1. The Morgan fingerprint density at radius 1 is 1.38 bits per heavy atom. The first-order chi connectivity index (χ1) is 10.0. The average Bonchev–Trinajstić information content (AvgIpc) is 2.85. The van der Waals surface area contributed by atoms with Gasteiger partial charge in [-0.3, -0.25) is 4.68 Å². The normalized spacial score (nSPS) is 10.3. The Morgan fingerprint density at radius 2 is 2.14 bits per heavy atom. The molecule has 0 bridgehead atoms. The molecule has 0 unspecified atom stereocenters. The minimum absolute atomic E-state index is 0.291. The van der Waals surface area contributed by atoms with Crippen molar-refractivity contribution in [3.8, 4) is 5.88 Å². The van der Waals surface area contributed by atoms with E-state index in [9.17, 15) is 4.79 Å². The molecule has 0 amide bonds. The van der Waals surface area contributed by atoms with E-state index in [-0.39, 0.29) is 0 Å². The van der Waals surface area contributed by atoms with E-state index in [0.29, 0.717) is 18.1 Å². The third-order valence-corrected chi connectivity index (χ3v) is 3.01. The van der Waals surface area contributed by atoms with Crippen molar-refractivity contribution in [2.75, 3.05) is 19.5 Å². The zero-order valence-electron chi connectivity index (χ0n) is 12.5. The molecular formula is C14H18N4O3. The first-order valence-electron chi connectivity index (χ1n) is 6.41. The Balaban J connectivity index is 2.11. The molecule has 0 aliphatic rings. The predicted molar refractivity (Wildman–Crippen MR) is 77.4 cm³/mol. The smallest absolute Gasteiger partial charge is 0.356 e. The number of ether oxygens (including phenoxy) is 2. The maximum Gasteiger partial charge on any atom is 0.356 e. The summed E-state index contributed by atoms with van der Waals surface area (Å²) in [5, 5.41) is 7.44. The van der Waals surface area contributed by atoms with E-state index in [1.807, 2.05) is 20.2 Å². The summed E-state index contributed by atoms with van der Waals surface area (Å²) < 4.78 is 11.5. The van der Waals surface area contributed by atoms with E-state index in [1.54, 1.807) is 23.9 Å². The number of aromatic nitrogens is 3. The number of methoxy groups -OCH3 is 2. The number of nitrogens with zero attached hydrogens (tertiary/aromatic N) is 3. The Hall–Kier alpha value is -2.57.